The van der Waals surface area contributed by atoms with Gasteiger partial charge in [-0.3, -0.25) is 0 Å². The van der Waals surface area contributed by atoms with Gasteiger partial charge >= 0.3 is 0 Å². The first-order chi connectivity index (χ1) is 11.2. The van der Waals surface area contributed by atoms with Gasteiger partial charge in [0, 0.05) is 19.1 Å². The molecule has 4 nitrogen and oxygen atoms in total. The predicted molar refractivity (Wildman–Crippen MR) is 98.6 cm³/mol. The molecular weight excluding hydrogens is 284 g/mol. The molecule has 1 aliphatic carbocycles. The molecule has 0 unspecified atom stereocenters. The van der Waals surface area contributed by atoms with E-state index in [9.17, 15) is 0 Å². The molecule has 1 aliphatic rings. The second-order valence-corrected chi connectivity index (χ2v) is 6.13. The molecule has 0 bridgehead atoms. The summed E-state index contributed by atoms with van der Waals surface area (Å²) in [6, 6.07) is 9.21. The van der Waals surface area contributed by atoms with Crippen LogP contribution in [0.3, 0.4) is 0 Å². The minimum absolute atomic E-state index is 0.484. The molecule has 0 saturated carbocycles. The van der Waals surface area contributed by atoms with E-state index in [1.807, 2.05) is 0 Å². The molecule has 0 radical (unpaired) electrons. The van der Waals surface area contributed by atoms with Gasteiger partial charge in [-0.2, -0.15) is 0 Å². The van der Waals surface area contributed by atoms with Crippen molar-refractivity contribution in [2.75, 3.05) is 20.1 Å². The Morgan fingerprint density at radius 3 is 2.65 bits per heavy atom. The van der Waals surface area contributed by atoms with E-state index < -0.39 is 0 Å². The van der Waals surface area contributed by atoms with Gasteiger partial charge in [0.1, 0.15) is 0 Å². The molecule has 126 valence electrons. The quantitative estimate of drug-likeness (QED) is 0.462. The van der Waals surface area contributed by atoms with Crippen LogP contribution in [0.15, 0.2) is 41.4 Å². The van der Waals surface area contributed by atoms with Crippen LogP contribution in [0.25, 0.3) is 0 Å². The van der Waals surface area contributed by atoms with Crippen LogP contribution in [-0.2, 0) is 13.1 Å². The van der Waals surface area contributed by atoms with Crippen molar-refractivity contribution in [2.45, 2.75) is 45.8 Å². The SMILES string of the molecule is CCNC(=NCc1cccc(CN(C)CC)c1)NC1CC=CC1. The Kier molecular flexibility index (Phi) is 7.14. The largest absolute Gasteiger partial charge is 0.357 e. The first kappa shape index (κ1) is 17.5. The van der Waals surface area contributed by atoms with E-state index >= 15 is 0 Å². The third-order valence-corrected chi connectivity index (χ3v) is 4.10. The molecule has 0 saturated heterocycles. The van der Waals surface area contributed by atoms with Crippen molar-refractivity contribution in [3.05, 3.63) is 47.5 Å². The number of hydrogen-bond acceptors (Lipinski definition) is 2. The summed E-state index contributed by atoms with van der Waals surface area (Å²) < 4.78 is 0. The van der Waals surface area contributed by atoms with Gasteiger partial charge in [0.15, 0.2) is 5.96 Å². The molecule has 0 fully saturated rings. The van der Waals surface area contributed by atoms with Gasteiger partial charge in [-0.25, -0.2) is 4.99 Å². The fraction of sp³-hybridized carbons (Fsp3) is 0.526. The number of rotatable bonds is 7. The average molecular weight is 314 g/mol. The predicted octanol–water partition coefficient (Wildman–Crippen LogP) is 2.91. The Morgan fingerprint density at radius 2 is 1.96 bits per heavy atom. The third-order valence-electron chi connectivity index (χ3n) is 4.10. The van der Waals surface area contributed by atoms with Crippen LogP contribution in [0.5, 0.6) is 0 Å². The summed E-state index contributed by atoms with van der Waals surface area (Å²) >= 11 is 0. The summed E-state index contributed by atoms with van der Waals surface area (Å²) in [4.78, 5) is 7.05. The van der Waals surface area contributed by atoms with Gasteiger partial charge < -0.3 is 15.5 Å². The van der Waals surface area contributed by atoms with Crippen LogP contribution >= 0.6 is 0 Å². The maximum Gasteiger partial charge on any atom is 0.191 e. The Labute approximate surface area is 140 Å². The summed E-state index contributed by atoms with van der Waals surface area (Å²) in [7, 11) is 2.15. The first-order valence-corrected chi connectivity index (χ1v) is 8.67. The third kappa shape index (κ3) is 6.06. The molecule has 1 aromatic carbocycles. The lowest BCUT2D eigenvalue weighted by Gasteiger charge is -2.17. The van der Waals surface area contributed by atoms with Crippen molar-refractivity contribution in [1.29, 1.82) is 0 Å². The fourth-order valence-electron chi connectivity index (χ4n) is 2.67. The van der Waals surface area contributed by atoms with Crippen LogP contribution < -0.4 is 10.6 Å². The molecule has 2 N–H and O–H groups in total. The van der Waals surface area contributed by atoms with E-state index in [1.54, 1.807) is 0 Å². The number of nitrogens with one attached hydrogen (secondary N) is 2. The number of guanidine groups is 1. The normalized spacial score (nSPS) is 15.4. The summed E-state index contributed by atoms with van der Waals surface area (Å²) in [5, 5.41) is 6.85. The van der Waals surface area contributed by atoms with Crippen LogP contribution in [0.2, 0.25) is 0 Å². The maximum absolute atomic E-state index is 4.74. The van der Waals surface area contributed by atoms with E-state index in [-0.39, 0.29) is 0 Å². The molecule has 2 rings (SSSR count). The molecule has 0 aliphatic heterocycles. The lowest BCUT2D eigenvalue weighted by Crippen LogP contribution is -2.42. The van der Waals surface area contributed by atoms with E-state index in [1.165, 1.54) is 11.1 Å². The van der Waals surface area contributed by atoms with E-state index in [2.05, 4.69) is 72.8 Å². The van der Waals surface area contributed by atoms with Gasteiger partial charge in [-0.05, 0) is 44.5 Å². The number of benzene rings is 1. The minimum atomic E-state index is 0.484. The van der Waals surface area contributed by atoms with Crippen LogP contribution in [0, 0.1) is 0 Å². The van der Waals surface area contributed by atoms with Crippen LogP contribution in [-0.4, -0.2) is 37.0 Å². The van der Waals surface area contributed by atoms with Crippen molar-refractivity contribution in [3.8, 4) is 0 Å². The minimum Gasteiger partial charge on any atom is -0.357 e. The van der Waals surface area contributed by atoms with Gasteiger partial charge in [-0.15, -0.1) is 0 Å². The van der Waals surface area contributed by atoms with Crippen molar-refractivity contribution in [3.63, 3.8) is 0 Å². The van der Waals surface area contributed by atoms with Gasteiger partial charge in [0.25, 0.3) is 0 Å². The highest BCUT2D eigenvalue weighted by Gasteiger charge is 2.11. The Morgan fingerprint density at radius 1 is 1.22 bits per heavy atom. The standard InChI is InChI=1S/C19H30N4/c1-4-20-19(22-18-11-6-7-12-18)21-14-16-9-8-10-17(13-16)15-23(3)5-2/h6-10,13,18H,4-5,11-12,14-15H2,1-3H3,(H2,20,21,22). The molecular formula is C19H30N4. The second kappa shape index (κ2) is 9.36. The Balaban J connectivity index is 1.96. The summed E-state index contributed by atoms with van der Waals surface area (Å²) in [6.45, 7) is 7.92. The van der Waals surface area contributed by atoms with E-state index in [4.69, 9.17) is 4.99 Å². The second-order valence-electron chi connectivity index (χ2n) is 6.13. The zero-order valence-corrected chi connectivity index (χ0v) is 14.7. The van der Waals surface area contributed by atoms with Gasteiger partial charge in [0.2, 0.25) is 0 Å². The summed E-state index contributed by atoms with van der Waals surface area (Å²) in [6.07, 6.45) is 6.64. The highest BCUT2D eigenvalue weighted by atomic mass is 15.2. The molecule has 4 heteroatoms. The molecule has 0 aromatic heterocycles. The van der Waals surface area contributed by atoms with Crippen LogP contribution in [0.4, 0.5) is 0 Å². The van der Waals surface area contributed by atoms with Crippen molar-refractivity contribution in [2.24, 2.45) is 4.99 Å². The zero-order valence-electron chi connectivity index (χ0n) is 14.7. The first-order valence-electron chi connectivity index (χ1n) is 8.67. The van der Waals surface area contributed by atoms with Crippen LogP contribution in [0.1, 0.15) is 37.8 Å². The number of hydrogen-bond donors (Lipinski definition) is 2. The monoisotopic (exact) mass is 314 g/mol. The highest BCUT2D eigenvalue weighted by molar-refractivity contribution is 5.80. The zero-order chi connectivity index (χ0) is 16.5. The fourth-order valence-corrected chi connectivity index (χ4v) is 2.67. The molecule has 0 heterocycles. The molecule has 0 spiro atoms. The topological polar surface area (TPSA) is 39.7 Å². The smallest absolute Gasteiger partial charge is 0.191 e. The van der Waals surface area contributed by atoms with Gasteiger partial charge in [-0.1, -0.05) is 43.3 Å². The lowest BCUT2D eigenvalue weighted by molar-refractivity contribution is 0.345. The number of nitrogens with zero attached hydrogens (tertiary/aromatic N) is 2. The average Bonchev–Trinajstić information content (AvgIpc) is 3.06. The van der Waals surface area contributed by atoms with Crippen molar-refractivity contribution >= 4 is 5.96 Å². The number of aliphatic imine (C=N–C) groups is 1. The Hall–Kier alpha value is -1.81. The molecule has 0 atom stereocenters. The molecule has 1 aromatic rings. The van der Waals surface area contributed by atoms with Gasteiger partial charge in [0.05, 0.1) is 6.54 Å². The van der Waals surface area contributed by atoms with Crippen molar-refractivity contribution < 1.29 is 0 Å². The maximum atomic E-state index is 4.74. The summed E-state index contributed by atoms with van der Waals surface area (Å²) in [5.41, 5.74) is 2.61. The molecule has 23 heavy (non-hydrogen) atoms. The van der Waals surface area contributed by atoms with E-state index in [0.29, 0.717) is 12.6 Å². The van der Waals surface area contributed by atoms with Crippen molar-refractivity contribution in [1.82, 2.24) is 15.5 Å². The lowest BCUT2D eigenvalue weighted by atomic mass is 10.1. The van der Waals surface area contributed by atoms with E-state index in [0.717, 1.165) is 38.4 Å². The molecule has 0 amide bonds. The highest BCUT2D eigenvalue weighted by Crippen LogP contribution is 2.10. The summed E-state index contributed by atoms with van der Waals surface area (Å²) in [5.74, 6) is 0.914. The Bertz CT molecular complexity index is 528.